The highest BCUT2D eigenvalue weighted by Crippen LogP contribution is 2.52. The van der Waals surface area contributed by atoms with Crippen LogP contribution in [0.3, 0.4) is 0 Å². The fourth-order valence-corrected chi connectivity index (χ4v) is 1.58. The predicted molar refractivity (Wildman–Crippen MR) is 46.0 cm³/mol. The Kier molecular flexibility index (Phi) is 2.57. The summed E-state index contributed by atoms with van der Waals surface area (Å²) in [4.78, 5) is 0. The largest absolute Gasteiger partial charge is 0.393 e. The number of hydrogen-bond donors (Lipinski definition) is 1. The lowest BCUT2D eigenvalue weighted by atomic mass is 9.94. The van der Waals surface area contributed by atoms with Crippen LogP contribution in [0.25, 0.3) is 0 Å². The van der Waals surface area contributed by atoms with Crippen molar-refractivity contribution in [1.29, 1.82) is 0 Å². The molecular weight excluding hydrogens is 136 g/mol. The monoisotopic (exact) mass is 152 g/mol. The molecule has 1 rings (SSSR count). The van der Waals surface area contributed by atoms with Gasteiger partial charge in [0, 0.05) is 6.42 Å². The van der Waals surface area contributed by atoms with E-state index in [9.17, 15) is 5.11 Å². The maximum Gasteiger partial charge on any atom is 0.0568 e. The maximum absolute atomic E-state index is 9.39. The van der Waals surface area contributed by atoms with E-state index in [4.69, 9.17) is 6.42 Å². The van der Waals surface area contributed by atoms with Gasteiger partial charge in [0.2, 0.25) is 0 Å². The molecule has 0 heterocycles. The van der Waals surface area contributed by atoms with Crippen molar-refractivity contribution in [3.8, 4) is 12.3 Å². The van der Waals surface area contributed by atoms with Gasteiger partial charge in [-0.1, -0.05) is 0 Å². The Bertz CT molecular complexity index is 160. The Morgan fingerprint density at radius 1 is 1.64 bits per heavy atom. The van der Waals surface area contributed by atoms with Gasteiger partial charge in [0.05, 0.1) is 6.10 Å². The summed E-state index contributed by atoms with van der Waals surface area (Å²) in [5.41, 5.74) is 0.261. The lowest BCUT2D eigenvalue weighted by molar-refractivity contribution is 0.103. The summed E-state index contributed by atoms with van der Waals surface area (Å²) in [6, 6.07) is 0. The summed E-state index contributed by atoms with van der Waals surface area (Å²) in [5, 5.41) is 9.39. The molecule has 1 heteroatoms. The van der Waals surface area contributed by atoms with Gasteiger partial charge in [-0.05, 0) is 38.0 Å². The van der Waals surface area contributed by atoms with Crippen LogP contribution in [0.1, 0.15) is 39.0 Å². The molecule has 1 fully saturated rings. The second-order valence-electron chi connectivity index (χ2n) is 3.60. The molecule has 62 valence electrons. The van der Waals surface area contributed by atoms with E-state index in [2.05, 4.69) is 5.92 Å². The summed E-state index contributed by atoms with van der Waals surface area (Å²) >= 11 is 0. The SMILES string of the molecule is C#CCCCC1(C(C)O)CC1. The van der Waals surface area contributed by atoms with Crippen molar-refractivity contribution in [3.05, 3.63) is 0 Å². The Morgan fingerprint density at radius 2 is 2.27 bits per heavy atom. The van der Waals surface area contributed by atoms with E-state index in [0.29, 0.717) is 0 Å². The van der Waals surface area contributed by atoms with Crippen molar-refractivity contribution < 1.29 is 5.11 Å². The Hall–Kier alpha value is -0.480. The number of terminal acetylenes is 1. The fraction of sp³-hybridized carbons (Fsp3) is 0.800. The minimum absolute atomic E-state index is 0.139. The Labute approximate surface area is 68.8 Å². The van der Waals surface area contributed by atoms with E-state index in [0.717, 1.165) is 19.3 Å². The average Bonchev–Trinajstić information content (AvgIpc) is 2.70. The first kappa shape index (κ1) is 8.62. The molecule has 0 aliphatic heterocycles. The van der Waals surface area contributed by atoms with Crippen LogP contribution in [0.5, 0.6) is 0 Å². The third-order valence-electron chi connectivity index (χ3n) is 2.77. The van der Waals surface area contributed by atoms with E-state index < -0.39 is 0 Å². The normalized spacial score (nSPS) is 22.3. The zero-order valence-electron chi connectivity index (χ0n) is 7.14. The van der Waals surface area contributed by atoms with Gasteiger partial charge in [0.25, 0.3) is 0 Å². The van der Waals surface area contributed by atoms with Gasteiger partial charge in [0.1, 0.15) is 0 Å². The Balaban J connectivity index is 2.21. The second kappa shape index (κ2) is 3.28. The lowest BCUT2D eigenvalue weighted by Crippen LogP contribution is -2.17. The van der Waals surface area contributed by atoms with E-state index >= 15 is 0 Å². The molecule has 0 spiro atoms. The second-order valence-corrected chi connectivity index (χ2v) is 3.60. The first-order valence-electron chi connectivity index (χ1n) is 4.33. The number of unbranched alkanes of at least 4 members (excludes halogenated alkanes) is 1. The van der Waals surface area contributed by atoms with Crippen molar-refractivity contribution in [2.45, 2.75) is 45.1 Å². The van der Waals surface area contributed by atoms with Crippen LogP contribution in [0.4, 0.5) is 0 Å². The van der Waals surface area contributed by atoms with Crippen LogP contribution < -0.4 is 0 Å². The molecule has 1 nitrogen and oxygen atoms in total. The third-order valence-corrected chi connectivity index (χ3v) is 2.77. The lowest BCUT2D eigenvalue weighted by Gasteiger charge is -2.17. The molecule has 0 aromatic rings. The number of aliphatic hydroxyl groups is 1. The first-order valence-corrected chi connectivity index (χ1v) is 4.33. The molecule has 1 N–H and O–H groups in total. The quantitative estimate of drug-likeness (QED) is 0.482. The molecule has 1 saturated carbocycles. The number of aliphatic hydroxyl groups excluding tert-OH is 1. The standard InChI is InChI=1S/C10H16O/c1-3-4-5-6-10(7-8-10)9(2)11/h1,9,11H,4-8H2,2H3. The zero-order chi connectivity index (χ0) is 8.32. The highest BCUT2D eigenvalue weighted by Gasteiger charge is 2.45. The maximum atomic E-state index is 9.39. The van der Waals surface area contributed by atoms with Gasteiger partial charge >= 0.3 is 0 Å². The minimum Gasteiger partial charge on any atom is -0.393 e. The number of rotatable bonds is 4. The van der Waals surface area contributed by atoms with E-state index in [1.54, 1.807) is 0 Å². The molecule has 0 aromatic heterocycles. The number of hydrogen-bond acceptors (Lipinski definition) is 1. The summed E-state index contributed by atoms with van der Waals surface area (Å²) in [6.45, 7) is 1.89. The van der Waals surface area contributed by atoms with Crippen molar-refractivity contribution >= 4 is 0 Å². The molecule has 0 amide bonds. The van der Waals surface area contributed by atoms with Crippen LogP contribution in [-0.4, -0.2) is 11.2 Å². The van der Waals surface area contributed by atoms with Crippen molar-refractivity contribution in [2.75, 3.05) is 0 Å². The molecule has 1 aliphatic carbocycles. The van der Waals surface area contributed by atoms with Crippen LogP contribution in [0, 0.1) is 17.8 Å². The van der Waals surface area contributed by atoms with E-state index in [-0.39, 0.29) is 11.5 Å². The summed E-state index contributed by atoms with van der Waals surface area (Å²) < 4.78 is 0. The van der Waals surface area contributed by atoms with Crippen molar-refractivity contribution in [2.24, 2.45) is 5.41 Å². The molecule has 1 unspecified atom stereocenters. The van der Waals surface area contributed by atoms with Gasteiger partial charge in [-0.25, -0.2) is 0 Å². The van der Waals surface area contributed by atoms with Crippen LogP contribution in [-0.2, 0) is 0 Å². The van der Waals surface area contributed by atoms with Crippen molar-refractivity contribution in [3.63, 3.8) is 0 Å². The van der Waals surface area contributed by atoms with Crippen LogP contribution in [0.2, 0.25) is 0 Å². The zero-order valence-corrected chi connectivity index (χ0v) is 7.14. The van der Waals surface area contributed by atoms with Gasteiger partial charge in [-0.15, -0.1) is 12.3 Å². The van der Waals surface area contributed by atoms with E-state index in [1.807, 2.05) is 6.92 Å². The molecule has 1 atom stereocenters. The summed E-state index contributed by atoms with van der Waals surface area (Å²) in [7, 11) is 0. The molecule has 11 heavy (non-hydrogen) atoms. The fourth-order valence-electron chi connectivity index (χ4n) is 1.58. The Morgan fingerprint density at radius 3 is 2.64 bits per heavy atom. The predicted octanol–water partition coefficient (Wildman–Crippen LogP) is 1.95. The molecule has 0 radical (unpaired) electrons. The average molecular weight is 152 g/mol. The minimum atomic E-state index is -0.139. The van der Waals surface area contributed by atoms with Crippen molar-refractivity contribution in [1.82, 2.24) is 0 Å². The van der Waals surface area contributed by atoms with Gasteiger partial charge in [0.15, 0.2) is 0 Å². The summed E-state index contributed by atoms with van der Waals surface area (Å²) in [6.07, 6.45) is 10.4. The summed E-state index contributed by atoms with van der Waals surface area (Å²) in [5.74, 6) is 2.63. The first-order chi connectivity index (χ1) is 5.21. The highest BCUT2D eigenvalue weighted by molar-refractivity contribution is 4.97. The van der Waals surface area contributed by atoms with Gasteiger partial charge < -0.3 is 5.11 Å². The molecule has 0 bridgehead atoms. The van der Waals surface area contributed by atoms with Gasteiger partial charge in [-0.2, -0.15) is 0 Å². The molecule has 0 saturated heterocycles. The smallest absolute Gasteiger partial charge is 0.0568 e. The molecule has 0 aromatic carbocycles. The van der Waals surface area contributed by atoms with Crippen LogP contribution in [0.15, 0.2) is 0 Å². The topological polar surface area (TPSA) is 20.2 Å². The molecular formula is C10H16O. The van der Waals surface area contributed by atoms with E-state index in [1.165, 1.54) is 12.8 Å². The van der Waals surface area contributed by atoms with Gasteiger partial charge in [-0.3, -0.25) is 0 Å². The third kappa shape index (κ3) is 1.97. The highest BCUT2D eigenvalue weighted by atomic mass is 16.3. The van der Waals surface area contributed by atoms with Crippen LogP contribution >= 0.6 is 0 Å². The molecule has 1 aliphatic rings.